The average molecular weight is 1010 g/mol. The number of carbonyl (C=O) groups excluding carboxylic acids is 2. The van der Waals surface area contributed by atoms with Crippen LogP contribution in [0.1, 0.15) is 387 Å². The number of rotatable bonds is 62. The number of esters is 1. The molecular formula is C68H133NO3. The third kappa shape index (κ3) is 54.9. The van der Waals surface area contributed by atoms with Crippen LogP contribution in [0.4, 0.5) is 0 Å². The molecule has 4 nitrogen and oxygen atoms in total. The lowest BCUT2D eigenvalue weighted by molar-refractivity contribution is -0.149. The van der Waals surface area contributed by atoms with Gasteiger partial charge in [0.2, 0.25) is 5.91 Å². The molecule has 0 aromatic rings. The fourth-order valence-corrected chi connectivity index (χ4v) is 10.9. The van der Waals surface area contributed by atoms with Crippen molar-refractivity contribution in [3.05, 3.63) is 12.2 Å². The number of amides is 1. The van der Waals surface area contributed by atoms with Gasteiger partial charge in [0, 0.05) is 19.0 Å². The zero-order valence-electron chi connectivity index (χ0n) is 50.1. The second-order valence-corrected chi connectivity index (χ2v) is 23.3. The third-order valence-electron chi connectivity index (χ3n) is 16.0. The summed E-state index contributed by atoms with van der Waals surface area (Å²) >= 11 is 0. The van der Waals surface area contributed by atoms with Crippen molar-refractivity contribution >= 4 is 11.9 Å². The van der Waals surface area contributed by atoms with Gasteiger partial charge in [0.1, 0.15) is 0 Å². The van der Waals surface area contributed by atoms with Gasteiger partial charge < -0.3 is 9.64 Å². The highest BCUT2D eigenvalue weighted by molar-refractivity contribution is 5.83. The lowest BCUT2D eigenvalue weighted by Gasteiger charge is -2.27. The van der Waals surface area contributed by atoms with Crippen molar-refractivity contribution in [1.82, 2.24) is 4.90 Å². The first-order chi connectivity index (χ1) is 35.6. The number of carbonyl (C=O) groups is 2. The molecule has 0 N–H and O–H groups in total. The van der Waals surface area contributed by atoms with Crippen molar-refractivity contribution in [1.29, 1.82) is 0 Å². The molecule has 72 heavy (non-hydrogen) atoms. The molecule has 0 saturated heterocycles. The summed E-state index contributed by atoms with van der Waals surface area (Å²) in [5, 5.41) is 0. The first kappa shape index (κ1) is 70.7. The van der Waals surface area contributed by atoms with Crippen molar-refractivity contribution in [2.24, 2.45) is 5.92 Å². The predicted octanol–water partition coefficient (Wildman–Crippen LogP) is 23.5. The first-order valence-electron chi connectivity index (χ1n) is 33.7. The van der Waals surface area contributed by atoms with Crippen LogP contribution in [0.25, 0.3) is 0 Å². The lowest BCUT2D eigenvalue weighted by Crippen LogP contribution is -2.38. The van der Waals surface area contributed by atoms with Crippen LogP contribution in [-0.4, -0.2) is 36.5 Å². The largest absolute Gasteiger partial charge is 0.466 e. The summed E-state index contributed by atoms with van der Waals surface area (Å²) < 4.78 is 5.74. The Bertz CT molecular complexity index is 1060. The molecule has 0 bridgehead atoms. The molecular weight excluding hydrogens is 879 g/mol. The molecule has 4 heteroatoms. The number of unbranched alkanes of at least 4 members (excludes halogenated alkanes) is 49. The Kier molecular flexibility index (Phi) is 61.1. The molecule has 0 aliphatic heterocycles. The van der Waals surface area contributed by atoms with Crippen LogP contribution in [-0.2, 0) is 14.3 Å². The molecule has 0 saturated carbocycles. The third-order valence-corrected chi connectivity index (χ3v) is 16.0. The van der Waals surface area contributed by atoms with E-state index in [2.05, 4.69) is 44.7 Å². The lowest BCUT2D eigenvalue weighted by atomic mass is 9.95. The van der Waals surface area contributed by atoms with Gasteiger partial charge in [0.05, 0.1) is 13.0 Å². The molecule has 1 atom stereocenters. The predicted molar refractivity (Wildman–Crippen MR) is 321 cm³/mol. The van der Waals surface area contributed by atoms with Gasteiger partial charge >= 0.3 is 5.97 Å². The molecule has 0 heterocycles. The number of hydrogen-bond donors (Lipinski definition) is 0. The SMILES string of the molecule is CCCCCCCCCCCCCCCCCCCCCCCCCCCC/C=C/CCCCCCCCCCC(CC(=O)OCCCCCCCC)C(=O)N(CCCCCCCC)CCCCCCCC. The highest BCUT2D eigenvalue weighted by atomic mass is 16.5. The van der Waals surface area contributed by atoms with Crippen LogP contribution in [0.15, 0.2) is 12.2 Å². The van der Waals surface area contributed by atoms with E-state index in [0.29, 0.717) is 6.61 Å². The molecule has 428 valence electrons. The van der Waals surface area contributed by atoms with Crippen LogP contribution in [0.3, 0.4) is 0 Å². The van der Waals surface area contributed by atoms with Gasteiger partial charge in [0.25, 0.3) is 0 Å². The second kappa shape index (κ2) is 62.2. The number of hydrogen-bond acceptors (Lipinski definition) is 3. The Morgan fingerprint density at radius 1 is 0.319 bits per heavy atom. The summed E-state index contributed by atoms with van der Waals surface area (Å²) in [4.78, 5) is 29.5. The smallest absolute Gasteiger partial charge is 0.306 e. The average Bonchev–Trinajstić information content (AvgIpc) is 3.38. The van der Waals surface area contributed by atoms with Crippen molar-refractivity contribution in [2.45, 2.75) is 387 Å². The van der Waals surface area contributed by atoms with E-state index in [4.69, 9.17) is 4.74 Å². The van der Waals surface area contributed by atoms with Gasteiger partial charge in [-0.2, -0.15) is 0 Å². The summed E-state index contributed by atoms with van der Waals surface area (Å²) in [6, 6.07) is 0. The molecule has 0 aliphatic carbocycles. The van der Waals surface area contributed by atoms with E-state index in [1.165, 1.54) is 308 Å². The van der Waals surface area contributed by atoms with Gasteiger partial charge in [-0.05, 0) is 51.4 Å². The minimum atomic E-state index is -0.233. The van der Waals surface area contributed by atoms with Crippen molar-refractivity contribution in [3.63, 3.8) is 0 Å². The van der Waals surface area contributed by atoms with Gasteiger partial charge in [-0.15, -0.1) is 0 Å². The van der Waals surface area contributed by atoms with E-state index in [1.807, 2.05) is 0 Å². The molecule has 0 aromatic heterocycles. The monoisotopic (exact) mass is 1010 g/mol. The molecule has 0 fully saturated rings. The number of ether oxygens (including phenoxy) is 1. The van der Waals surface area contributed by atoms with Gasteiger partial charge in [-0.1, -0.05) is 342 Å². The van der Waals surface area contributed by atoms with E-state index in [9.17, 15) is 9.59 Å². The summed E-state index contributed by atoms with van der Waals surface area (Å²) in [5.74, 6) is -0.167. The van der Waals surface area contributed by atoms with E-state index >= 15 is 0 Å². The topological polar surface area (TPSA) is 46.6 Å². The van der Waals surface area contributed by atoms with Crippen LogP contribution in [0, 0.1) is 5.92 Å². The summed E-state index contributed by atoms with van der Waals surface area (Å²) in [5.41, 5.74) is 0. The normalized spacial score (nSPS) is 12.1. The molecule has 0 spiro atoms. The first-order valence-corrected chi connectivity index (χ1v) is 33.7. The Morgan fingerprint density at radius 3 is 0.875 bits per heavy atom. The van der Waals surface area contributed by atoms with Gasteiger partial charge in [-0.3, -0.25) is 9.59 Å². The highest BCUT2D eigenvalue weighted by Crippen LogP contribution is 2.22. The minimum absolute atomic E-state index is 0.160. The quantitative estimate of drug-likeness (QED) is 0.0346. The minimum Gasteiger partial charge on any atom is -0.466 e. The zero-order chi connectivity index (χ0) is 52.2. The van der Waals surface area contributed by atoms with Crippen molar-refractivity contribution < 1.29 is 14.3 Å². The fraction of sp³-hybridized carbons (Fsp3) is 0.941. The molecule has 1 amide bonds. The molecule has 0 radical (unpaired) electrons. The molecule has 0 aliphatic rings. The zero-order valence-corrected chi connectivity index (χ0v) is 50.1. The Hall–Kier alpha value is -1.32. The van der Waals surface area contributed by atoms with Crippen molar-refractivity contribution in [2.75, 3.05) is 19.7 Å². The van der Waals surface area contributed by atoms with Gasteiger partial charge in [-0.25, -0.2) is 0 Å². The maximum absolute atomic E-state index is 14.2. The molecule has 0 rings (SSSR count). The Morgan fingerprint density at radius 2 is 0.569 bits per heavy atom. The maximum atomic E-state index is 14.2. The summed E-state index contributed by atoms with van der Waals surface area (Å²) in [6.07, 6.45) is 78.3. The van der Waals surface area contributed by atoms with E-state index < -0.39 is 0 Å². The number of nitrogens with zero attached hydrogens (tertiary/aromatic N) is 1. The van der Waals surface area contributed by atoms with Crippen LogP contribution in [0.5, 0.6) is 0 Å². The van der Waals surface area contributed by atoms with Crippen molar-refractivity contribution in [3.8, 4) is 0 Å². The Balaban J connectivity index is 4.07. The highest BCUT2D eigenvalue weighted by Gasteiger charge is 2.27. The summed E-state index contributed by atoms with van der Waals surface area (Å²) in [6.45, 7) is 11.3. The van der Waals surface area contributed by atoms with Crippen LogP contribution < -0.4 is 0 Å². The second-order valence-electron chi connectivity index (χ2n) is 23.3. The van der Waals surface area contributed by atoms with E-state index in [1.54, 1.807) is 0 Å². The van der Waals surface area contributed by atoms with E-state index in [-0.39, 0.29) is 24.2 Å². The maximum Gasteiger partial charge on any atom is 0.306 e. The number of allylic oxidation sites excluding steroid dienone is 2. The Labute approximate surface area is 454 Å². The molecule has 0 aromatic carbocycles. The van der Waals surface area contributed by atoms with Gasteiger partial charge in [0.15, 0.2) is 0 Å². The van der Waals surface area contributed by atoms with Crippen LogP contribution in [0.2, 0.25) is 0 Å². The van der Waals surface area contributed by atoms with E-state index in [0.717, 1.165) is 58.0 Å². The molecule has 1 unspecified atom stereocenters. The van der Waals surface area contributed by atoms with Crippen LogP contribution >= 0.6 is 0 Å². The standard InChI is InChI=1S/C68H133NO3/c1-5-9-13-17-21-22-23-24-25-26-27-28-29-30-31-32-33-34-35-36-37-38-39-40-41-42-43-44-45-46-47-48-49-50-51-52-53-57-61-66(65-67(70)72-64-60-56-20-16-12-8-4)68(71)69(62-58-54-18-14-10-6-2)63-59-55-19-15-11-7-3/h44-45,66H,5-43,46-65H2,1-4H3/b45-44+. The fourth-order valence-electron chi connectivity index (χ4n) is 10.9. The summed E-state index contributed by atoms with van der Waals surface area (Å²) in [7, 11) is 0.